The molecule has 4 heteroatoms. The topological polar surface area (TPSA) is 52.6 Å². The predicted octanol–water partition coefficient (Wildman–Crippen LogP) is 5.05. The first-order chi connectivity index (χ1) is 12.2. The number of carbonyl (C=O) groups is 2. The van der Waals surface area contributed by atoms with Gasteiger partial charge in [-0.15, -0.1) is 0 Å². The smallest absolute Gasteiger partial charge is 0.338 e. The summed E-state index contributed by atoms with van der Waals surface area (Å²) in [5, 5.41) is 0. The molecule has 0 N–H and O–H groups in total. The number of ether oxygens (including phenoxy) is 2. The first-order valence-electron chi connectivity index (χ1n) is 8.97. The van der Waals surface area contributed by atoms with E-state index in [1.54, 1.807) is 12.1 Å². The minimum atomic E-state index is -0.558. The van der Waals surface area contributed by atoms with Crippen LogP contribution in [0.25, 0.3) is 5.57 Å². The van der Waals surface area contributed by atoms with Crippen LogP contribution in [-0.4, -0.2) is 25.2 Å². The second-order valence-corrected chi connectivity index (χ2v) is 6.97. The summed E-state index contributed by atoms with van der Waals surface area (Å²) in [6.07, 6.45) is 6.00. The van der Waals surface area contributed by atoms with E-state index in [1.165, 1.54) is 0 Å². The molecule has 1 aromatic carbocycles. The number of carbonyl (C=O) groups excluding carboxylic acids is 2. The van der Waals surface area contributed by atoms with E-state index in [0.717, 1.165) is 11.1 Å². The molecule has 0 unspecified atom stereocenters. The van der Waals surface area contributed by atoms with E-state index in [-0.39, 0.29) is 25.1 Å². The van der Waals surface area contributed by atoms with Crippen molar-refractivity contribution in [3.8, 4) is 0 Å². The minimum Gasteiger partial charge on any atom is -0.462 e. The normalized spacial score (nSPS) is 12.5. The van der Waals surface area contributed by atoms with Crippen LogP contribution in [-0.2, 0) is 14.3 Å². The van der Waals surface area contributed by atoms with Crippen molar-refractivity contribution in [1.82, 2.24) is 0 Å². The Labute approximate surface area is 156 Å². The van der Waals surface area contributed by atoms with Crippen LogP contribution < -0.4 is 0 Å². The highest BCUT2D eigenvalue weighted by atomic mass is 16.6. The van der Waals surface area contributed by atoms with Crippen molar-refractivity contribution in [3.05, 3.63) is 53.6 Å². The average Bonchev–Trinajstić information content (AvgIpc) is 2.62. The highest BCUT2D eigenvalue weighted by Gasteiger charge is 2.32. The van der Waals surface area contributed by atoms with Gasteiger partial charge in [0.15, 0.2) is 0 Å². The summed E-state index contributed by atoms with van der Waals surface area (Å²) < 4.78 is 10.4. The Balaban J connectivity index is 2.53. The summed E-state index contributed by atoms with van der Waals surface area (Å²) >= 11 is 0. The summed E-state index contributed by atoms with van der Waals surface area (Å²) in [5.74, 6) is -0.541. The lowest BCUT2D eigenvalue weighted by molar-refractivity contribution is -0.157. The Morgan fingerprint density at radius 3 is 2.04 bits per heavy atom. The molecular formula is C22H30O4. The van der Waals surface area contributed by atoms with Crippen LogP contribution in [0, 0.1) is 11.3 Å². The Hall–Kier alpha value is -2.36. The van der Waals surface area contributed by atoms with Crippen molar-refractivity contribution in [2.45, 2.75) is 41.5 Å². The van der Waals surface area contributed by atoms with Crippen molar-refractivity contribution in [2.24, 2.45) is 11.3 Å². The summed E-state index contributed by atoms with van der Waals surface area (Å²) in [6, 6.07) is 7.24. The molecule has 0 aliphatic heterocycles. The van der Waals surface area contributed by atoms with Gasteiger partial charge in [0.2, 0.25) is 0 Å². The highest BCUT2D eigenvalue weighted by molar-refractivity contribution is 5.90. The maximum absolute atomic E-state index is 12.1. The fourth-order valence-electron chi connectivity index (χ4n) is 2.11. The minimum absolute atomic E-state index is 0.0409. The van der Waals surface area contributed by atoms with Crippen molar-refractivity contribution in [1.29, 1.82) is 0 Å². The average molecular weight is 358 g/mol. The van der Waals surface area contributed by atoms with E-state index >= 15 is 0 Å². The first-order valence-corrected chi connectivity index (χ1v) is 8.97. The molecule has 26 heavy (non-hydrogen) atoms. The number of hydrogen-bond acceptors (Lipinski definition) is 4. The van der Waals surface area contributed by atoms with Gasteiger partial charge >= 0.3 is 11.9 Å². The molecule has 0 saturated heterocycles. The molecule has 0 saturated carbocycles. The Morgan fingerprint density at radius 1 is 1.00 bits per heavy atom. The zero-order chi connectivity index (χ0) is 19.7. The van der Waals surface area contributed by atoms with Crippen molar-refractivity contribution < 1.29 is 19.1 Å². The lowest BCUT2D eigenvalue weighted by Crippen LogP contribution is -2.32. The molecule has 0 heterocycles. The van der Waals surface area contributed by atoms with Gasteiger partial charge in [0.25, 0.3) is 0 Å². The van der Waals surface area contributed by atoms with Gasteiger partial charge in [-0.3, -0.25) is 4.79 Å². The lowest BCUT2D eigenvalue weighted by atomic mass is 9.81. The summed E-state index contributed by atoms with van der Waals surface area (Å²) in [5.41, 5.74) is 2.04. The first kappa shape index (κ1) is 21.7. The van der Waals surface area contributed by atoms with Crippen LogP contribution in [0.2, 0.25) is 0 Å². The van der Waals surface area contributed by atoms with E-state index in [1.807, 2.05) is 71.9 Å². The molecule has 0 radical (unpaired) electrons. The summed E-state index contributed by atoms with van der Waals surface area (Å²) in [6.45, 7) is 11.7. The van der Waals surface area contributed by atoms with Gasteiger partial charge < -0.3 is 9.47 Å². The van der Waals surface area contributed by atoms with E-state index in [4.69, 9.17) is 9.47 Å². The number of rotatable bonds is 8. The molecule has 1 aromatic rings. The Kier molecular flexibility index (Phi) is 8.30. The molecule has 0 amide bonds. The van der Waals surface area contributed by atoms with E-state index in [2.05, 4.69) is 0 Å². The third kappa shape index (κ3) is 5.87. The molecule has 0 atom stereocenters. The fourth-order valence-corrected chi connectivity index (χ4v) is 2.11. The van der Waals surface area contributed by atoms with Crippen LogP contribution in [0.15, 0.2) is 42.5 Å². The molecule has 1 rings (SSSR count). The van der Waals surface area contributed by atoms with Crippen molar-refractivity contribution >= 4 is 17.5 Å². The van der Waals surface area contributed by atoms with Gasteiger partial charge in [-0.05, 0) is 56.9 Å². The monoisotopic (exact) mass is 358 g/mol. The maximum Gasteiger partial charge on any atom is 0.338 e. The Morgan fingerprint density at radius 2 is 1.54 bits per heavy atom. The molecule has 0 fully saturated rings. The zero-order valence-electron chi connectivity index (χ0n) is 16.7. The van der Waals surface area contributed by atoms with Gasteiger partial charge in [0.1, 0.15) is 13.2 Å². The molecule has 142 valence electrons. The quantitative estimate of drug-likeness (QED) is 0.371. The van der Waals surface area contributed by atoms with Crippen LogP contribution in [0.5, 0.6) is 0 Å². The van der Waals surface area contributed by atoms with Gasteiger partial charge in [-0.1, -0.05) is 44.2 Å². The molecule has 4 nitrogen and oxygen atoms in total. The SMILES string of the molecule is C/C=C\C(=C/C)c1ccc(C(=O)OCCOC(=O)C(C)(C)C(C)C)cc1. The van der Waals surface area contributed by atoms with Crippen LogP contribution in [0.1, 0.15) is 57.5 Å². The molecular weight excluding hydrogens is 328 g/mol. The summed E-state index contributed by atoms with van der Waals surface area (Å²) in [4.78, 5) is 24.1. The van der Waals surface area contributed by atoms with E-state index < -0.39 is 11.4 Å². The molecule has 0 bridgehead atoms. The van der Waals surface area contributed by atoms with Gasteiger partial charge in [0, 0.05) is 0 Å². The largest absolute Gasteiger partial charge is 0.462 e. The Bertz CT molecular complexity index is 664. The standard InChI is InChI=1S/C22H30O4/c1-7-9-17(8-2)18-10-12-19(13-11-18)20(23)25-14-15-26-21(24)22(5,6)16(3)4/h7-13,16H,14-15H2,1-6H3/b9-7-,17-8+. The van der Waals surface area contributed by atoms with Crippen molar-refractivity contribution in [2.75, 3.05) is 13.2 Å². The third-order valence-corrected chi connectivity index (χ3v) is 4.63. The fraction of sp³-hybridized carbons (Fsp3) is 0.455. The number of benzene rings is 1. The molecule has 0 aliphatic rings. The number of hydrogen-bond donors (Lipinski definition) is 0. The number of esters is 2. The maximum atomic E-state index is 12.1. The molecule has 0 aromatic heterocycles. The second kappa shape index (κ2) is 9.95. The van der Waals surface area contributed by atoms with Crippen LogP contribution >= 0.6 is 0 Å². The predicted molar refractivity (Wildman–Crippen MR) is 105 cm³/mol. The highest BCUT2D eigenvalue weighted by Crippen LogP contribution is 2.27. The summed E-state index contributed by atoms with van der Waals surface area (Å²) in [7, 11) is 0. The molecule has 0 spiro atoms. The third-order valence-electron chi connectivity index (χ3n) is 4.63. The van der Waals surface area contributed by atoms with Gasteiger partial charge in [0.05, 0.1) is 11.0 Å². The van der Waals surface area contributed by atoms with Crippen molar-refractivity contribution in [3.63, 3.8) is 0 Å². The molecule has 0 aliphatic carbocycles. The number of allylic oxidation sites excluding steroid dienone is 4. The lowest BCUT2D eigenvalue weighted by Gasteiger charge is -2.26. The van der Waals surface area contributed by atoms with E-state index in [9.17, 15) is 9.59 Å². The van der Waals surface area contributed by atoms with Gasteiger partial charge in [-0.2, -0.15) is 0 Å². The second-order valence-electron chi connectivity index (χ2n) is 6.97. The van der Waals surface area contributed by atoms with E-state index in [0.29, 0.717) is 5.56 Å². The van der Waals surface area contributed by atoms with Crippen LogP contribution in [0.4, 0.5) is 0 Å². The van der Waals surface area contributed by atoms with Gasteiger partial charge in [-0.25, -0.2) is 4.79 Å². The zero-order valence-corrected chi connectivity index (χ0v) is 16.7. The van der Waals surface area contributed by atoms with Crippen LogP contribution in [0.3, 0.4) is 0 Å².